The zero-order chi connectivity index (χ0) is 16.8. The molecular formula is C18H17N3O3. The Labute approximate surface area is 139 Å². The zero-order valence-corrected chi connectivity index (χ0v) is 13.3. The number of methoxy groups -OCH3 is 1. The number of benzene rings is 2. The van der Waals surface area contributed by atoms with E-state index in [0.717, 1.165) is 5.56 Å². The Hall–Kier alpha value is -3.15. The highest BCUT2D eigenvalue weighted by Gasteiger charge is 2.12. The summed E-state index contributed by atoms with van der Waals surface area (Å²) in [6.45, 7) is 0.566. The zero-order valence-electron chi connectivity index (χ0n) is 13.3. The smallest absolute Gasteiger partial charge is 0.184 e. The van der Waals surface area contributed by atoms with E-state index in [1.165, 1.54) is 17.3 Å². The van der Waals surface area contributed by atoms with Gasteiger partial charge in [0.05, 0.1) is 7.11 Å². The van der Waals surface area contributed by atoms with Crippen LogP contribution >= 0.6 is 0 Å². The normalized spacial score (nSPS) is 10.4. The molecule has 0 bridgehead atoms. The molecule has 3 rings (SSSR count). The van der Waals surface area contributed by atoms with E-state index in [1.54, 1.807) is 25.3 Å². The summed E-state index contributed by atoms with van der Waals surface area (Å²) in [7, 11) is 1.55. The van der Waals surface area contributed by atoms with E-state index >= 15 is 0 Å². The van der Waals surface area contributed by atoms with Crippen LogP contribution in [0.3, 0.4) is 0 Å². The Morgan fingerprint density at radius 1 is 1.12 bits per heavy atom. The van der Waals surface area contributed by atoms with Gasteiger partial charge in [-0.15, -0.1) is 0 Å². The Balaban J connectivity index is 1.71. The molecule has 6 nitrogen and oxygen atoms in total. The van der Waals surface area contributed by atoms with Crippen molar-refractivity contribution in [3.8, 4) is 11.5 Å². The number of Topliss-reactive ketones (excluding diaryl/α,β-unsaturated/α-hetero) is 1. The van der Waals surface area contributed by atoms with Crippen molar-refractivity contribution in [2.24, 2.45) is 0 Å². The van der Waals surface area contributed by atoms with Crippen molar-refractivity contribution >= 4 is 5.78 Å². The third-order valence-electron chi connectivity index (χ3n) is 3.49. The molecule has 0 aliphatic rings. The SMILES string of the molecule is COc1cc(C(=O)Cn2cncn2)ccc1OCc1ccccc1. The minimum absolute atomic E-state index is 0.0755. The molecule has 0 saturated carbocycles. The van der Waals surface area contributed by atoms with Gasteiger partial charge in [0.15, 0.2) is 17.3 Å². The third kappa shape index (κ3) is 3.78. The monoisotopic (exact) mass is 323 g/mol. The number of ketones is 1. The van der Waals surface area contributed by atoms with Gasteiger partial charge in [0.25, 0.3) is 0 Å². The van der Waals surface area contributed by atoms with Gasteiger partial charge in [-0.1, -0.05) is 30.3 Å². The highest BCUT2D eigenvalue weighted by atomic mass is 16.5. The molecule has 122 valence electrons. The van der Waals surface area contributed by atoms with Crippen LogP contribution < -0.4 is 9.47 Å². The van der Waals surface area contributed by atoms with Crippen molar-refractivity contribution in [2.45, 2.75) is 13.2 Å². The van der Waals surface area contributed by atoms with Crippen LogP contribution in [0.25, 0.3) is 0 Å². The van der Waals surface area contributed by atoms with Gasteiger partial charge in [0.1, 0.15) is 25.8 Å². The lowest BCUT2D eigenvalue weighted by Crippen LogP contribution is -2.11. The molecule has 0 amide bonds. The van der Waals surface area contributed by atoms with Crippen LogP contribution in [0.5, 0.6) is 11.5 Å². The van der Waals surface area contributed by atoms with Gasteiger partial charge in [-0.25, -0.2) is 9.67 Å². The molecule has 24 heavy (non-hydrogen) atoms. The number of rotatable bonds is 7. The molecule has 1 aromatic heterocycles. The van der Waals surface area contributed by atoms with Crippen LogP contribution in [0.1, 0.15) is 15.9 Å². The van der Waals surface area contributed by atoms with Crippen molar-refractivity contribution in [2.75, 3.05) is 7.11 Å². The maximum absolute atomic E-state index is 12.3. The van der Waals surface area contributed by atoms with Crippen molar-refractivity contribution in [1.82, 2.24) is 14.8 Å². The summed E-state index contributed by atoms with van der Waals surface area (Å²) in [5.74, 6) is 1.04. The minimum atomic E-state index is -0.0755. The number of hydrogen-bond donors (Lipinski definition) is 0. The predicted molar refractivity (Wildman–Crippen MR) is 88.1 cm³/mol. The van der Waals surface area contributed by atoms with E-state index < -0.39 is 0 Å². The molecule has 0 atom stereocenters. The van der Waals surface area contributed by atoms with Crippen molar-refractivity contribution in [3.63, 3.8) is 0 Å². The summed E-state index contributed by atoms with van der Waals surface area (Å²) in [5, 5.41) is 3.93. The molecule has 0 N–H and O–H groups in total. The lowest BCUT2D eigenvalue weighted by atomic mass is 10.1. The quantitative estimate of drug-likeness (QED) is 0.626. The van der Waals surface area contributed by atoms with Gasteiger partial charge < -0.3 is 9.47 Å². The minimum Gasteiger partial charge on any atom is -0.493 e. The number of ether oxygens (including phenoxy) is 2. The van der Waals surface area contributed by atoms with E-state index in [1.807, 2.05) is 30.3 Å². The molecule has 0 aliphatic carbocycles. The topological polar surface area (TPSA) is 66.2 Å². The fraction of sp³-hybridized carbons (Fsp3) is 0.167. The third-order valence-corrected chi connectivity index (χ3v) is 3.49. The predicted octanol–water partition coefficient (Wildman–Crippen LogP) is 2.75. The first-order chi connectivity index (χ1) is 11.8. The summed E-state index contributed by atoms with van der Waals surface area (Å²) in [6.07, 6.45) is 2.90. The van der Waals surface area contributed by atoms with Crippen LogP contribution in [-0.4, -0.2) is 27.7 Å². The van der Waals surface area contributed by atoms with Gasteiger partial charge in [-0.3, -0.25) is 4.79 Å². The Morgan fingerprint density at radius 2 is 1.96 bits per heavy atom. The molecular weight excluding hydrogens is 306 g/mol. The van der Waals surface area contributed by atoms with Crippen molar-refractivity contribution in [3.05, 3.63) is 72.3 Å². The highest BCUT2D eigenvalue weighted by molar-refractivity contribution is 5.96. The first kappa shape index (κ1) is 15.7. The van der Waals surface area contributed by atoms with Crippen molar-refractivity contribution in [1.29, 1.82) is 0 Å². The van der Waals surface area contributed by atoms with Crippen LogP contribution in [0.4, 0.5) is 0 Å². The number of nitrogens with zero attached hydrogens (tertiary/aromatic N) is 3. The second kappa shape index (κ2) is 7.41. The largest absolute Gasteiger partial charge is 0.493 e. The van der Waals surface area contributed by atoms with Gasteiger partial charge in [-0.05, 0) is 23.8 Å². The first-order valence-electron chi connectivity index (χ1n) is 7.46. The number of carbonyl (C=O) groups excluding carboxylic acids is 1. The molecule has 0 unspecified atom stereocenters. The van der Waals surface area contributed by atoms with Gasteiger partial charge in [0.2, 0.25) is 0 Å². The summed E-state index contributed by atoms with van der Waals surface area (Å²) >= 11 is 0. The summed E-state index contributed by atoms with van der Waals surface area (Å²) in [6, 6.07) is 15.0. The Kier molecular flexibility index (Phi) is 4.86. The second-order valence-electron chi connectivity index (χ2n) is 5.16. The van der Waals surface area contributed by atoms with Crippen LogP contribution in [0.2, 0.25) is 0 Å². The fourth-order valence-electron chi connectivity index (χ4n) is 2.25. The van der Waals surface area contributed by atoms with Crippen LogP contribution in [0.15, 0.2) is 61.2 Å². The van der Waals surface area contributed by atoms with E-state index in [0.29, 0.717) is 23.7 Å². The maximum atomic E-state index is 12.3. The molecule has 6 heteroatoms. The lowest BCUT2D eigenvalue weighted by Gasteiger charge is -2.12. The molecule has 0 aliphatic heterocycles. The second-order valence-corrected chi connectivity index (χ2v) is 5.16. The molecule has 0 fully saturated rings. The highest BCUT2D eigenvalue weighted by Crippen LogP contribution is 2.29. The van der Waals surface area contributed by atoms with Crippen molar-refractivity contribution < 1.29 is 14.3 Å². The maximum Gasteiger partial charge on any atom is 0.184 e. The summed E-state index contributed by atoms with van der Waals surface area (Å²) in [4.78, 5) is 16.1. The number of hydrogen-bond acceptors (Lipinski definition) is 5. The molecule has 2 aromatic carbocycles. The molecule has 0 radical (unpaired) electrons. The number of aromatic nitrogens is 3. The fourth-order valence-corrected chi connectivity index (χ4v) is 2.25. The lowest BCUT2D eigenvalue weighted by molar-refractivity contribution is 0.0967. The standard InChI is InChI=1S/C18H17N3O3/c1-23-18-9-15(16(22)10-21-13-19-12-20-21)7-8-17(18)24-11-14-5-3-2-4-6-14/h2-9,12-13H,10-11H2,1H3. The van der Waals surface area contributed by atoms with Gasteiger partial charge in [-0.2, -0.15) is 5.10 Å². The van der Waals surface area contributed by atoms with E-state index in [4.69, 9.17) is 9.47 Å². The molecule has 1 heterocycles. The van der Waals surface area contributed by atoms with E-state index in [9.17, 15) is 4.79 Å². The van der Waals surface area contributed by atoms with Gasteiger partial charge in [0, 0.05) is 5.56 Å². The Bertz CT molecular complexity index is 802. The first-order valence-corrected chi connectivity index (χ1v) is 7.46. The average molecular weight is 323 g/mol. The van der Waals surface area contributed by atoms with Crippen LogP contribution in [-0.2, 0) is 13.2 Å². The summed E-state index contributed by atoms with van der Waals surface area (Å²) < 4.78 is 12.6. The van der Waals surface area contributed by atoms with E-state index in [-0.39, 0.29) is 12.3 Å². The molecule has 0 saturated heterocycles. The van der Waals surface area contributed by atoms with Crippen LogP contribution in [0, 0.1) is 0 Å². The van der Waals surface area contributed by atoms with Gasteiger partial charge >= 0.3 is 0 Å². The molecule has 3 aromatic rings. The Morgan fingerprint density at radius 3 is 2.67 bits per heavy atom. The average Bonchev–Trinajstić information content (AvgIpc) is 3.13. The number of carbonyl (C=O) groups is 1. The summed E-state index contributed by atoms with van der Waals surface area (Å²) in [5.41, 5.74) is 1.60. The van der Waals surface area contributed by atoms with E-state index in [2.05, 4.69) is 10.1 Å². The molecule has 0 spiro atoms.